The summed E-state index contributed by atoms with van der Waals surface area (Å²) >= 11 is 7.25. The van der Waals surface area contributed by atoms with Gasteiger partial charge >= 0.3 is 0 Å². The fourth-order valence-electron chi connectivity index (χ4n) is 2.94. The molecule has 134 valence electrons. The summed E-state index contributed by atoms with van der Waals surface area (Å²) in [4.78, 5) is 18.6. The van der Waals surface area contributed by atoms with Crippen molar-refractivity contribution in [2.24, 2.45) is 5.92 Å². The maximum absolute atomic E-state index is 11.6. The summed E-state index contributed by atoms with van der Waals surface area (Å²) in [5, 5.41) is 3.46. The van der Waals surface area contributed by atoms with E-state index in [2.05, 4.69) is 26.7 Å². The lowest BCUT2D eigenvalue weighted by Gasteiger charge is -2.31. The van der Waals surface area contributed by atoms with Gasteiger partial charge in [0.25, 0.3) is 0 Å². The van der Waals surface area contributed by atoms with E-state index in [0.717, 1.165) is 43.3 Å². The summed E-state index contributed by atoms with van der Waals surface area (Å²) < 4.78 is 4.50. The Kier molecular flexibility index (Phi) is 6.26. The van der Waals surface area contributed by atoms with Gasteiger partial charge in [-0.05, 0) is 31.2 Å². The van der Waals surface area contributed by atoms with Crippen LogP contribution in [0.25, 0.3) is 0 Å². The Labute approximate surface area is 157 Å². The number of benzene rings is 1. The first-order chi connectivity index (χ1) is 12.1. The minimum atomic E-state index is -0.468. The zero-order valence-corrected chi connectivity index (χ0v) is 15.9. The number of rotatable bonds is 6. The summed E-state index contributed by atoms with van der Waals surface area (Å²) in [5.74, 6) is 1.31. The van der Waals surface area contributed by atoms with Crippen molar-refractivity contribution < 1.29 is 4.79 Å². The van der Waals surface area contributed by atoms with Crippen LogP contribution in [0.3, 0.4) is 0 Å². The molecular formula is C18H23ClN4OS. The summed E-state index contributed by atoms with van der Waals surface area (Å²) in [6.07, 6.45) is 2.87. The minimum Gasteiger partial charge on any atom is -0.355 e. The first-order valence-corrected chi connectivity index (χ1v) is 9.86. The maximum atomic E-state index is 11.6. The summed E-state index contributed by atoms with van der Waals surface area (Å²) in [5.41, 5.74) is 1.23. The molecule has 5 nitrogen and oxygen atoms in total. The lowest BCUT2D eigenvalue weighted by atomic mass is 9.97. The Morgan fingerprint density at radius 2 is 2.08 bits per heavy atom. The van der Waals surface area contributed by atoms with E-state index in [9.17, 15) is 4.79 Å². The average molecular weight is 379 g/mol. The number of aromatic nitrogens is 2. The quantitative estimate of drug-likeness (QED) is 0.785. The Bertz CT molecular complexity index is 683. The van der Waals surface area contributed by atoms with Gasteiger partial charge in [0.15, 0.2) is 0 Å². The fraction of sp³-hybridized carbons (Fsp3) is 0.500. The first-order valence-electron chi connectivity index (χ1n) is 8.65. The lowest BCUT2D eigenvalue weighted by molar-refractivity contribution is -0.120. The highest BCUT2D eigenvalue weighted by atomic mass is 35.5. The highest BCUT2D eigenvalue weighted by Gasteiger charge is 2.22. The number of carbonyl (C=O) groups is 1. The standard InChI is InChI=1S/C18H23ClN4OS/c1-13(19)17(24)20-12-15-7-9-23(10-8-15)18-21-16(22-25-18)11-14-5-3-2-4-6-14/h2-6,13,15H,7-12H2,1H3,(H,20,24). The van der Waals surface area contributed by atoms with Gasteiger partial charge in [0.05, 0.1) is 0 Å². The largest absolute Gasteiger partial charge is 0.355 e. The Morgan fingerprint density at radius 1 is 1.36 bits per heavy atom. The molecule has 1 aliphatic heterocycles. The molecule has 1 aromatic heterocycles. The molecule has 0 aliphatic carbocycles. The number of piperidine rings is 1. The predicted octanol–water partition coefficient (Wildman–Crippen LogP) is 3.09. The Balaban J connectivity index is 1.48. The molecule has 0 bridgehead atoms. The molecule has 1 aromatic carbocycles. The molecule has 2 aromatic rings. The number of carbonyl (C=O) groups excluding carboxylic acids is 1. The Morgan fingerprint density at radius 3 is 2.76 bits per heavy atom. The van der Waals surface area contributed by atoms with Gasteiger partial charge < -0.3 is 10.2 Å². The van der Waals surface area contributed by atoms with E-state index in [-0.39, 0.29) is 5.91 Å². The van der Waals surface area contributed by atoms with Gasteiger partial charge in [0, 0.05) is 37.6 Å². The molecule has 1 fully saturated rings. The number of halogens is 1. The van der Waals surface area contributed by atoms with Gasteiger partial charge in [-0.3, -0.25) is 4.79 Å². The monoisotopic (exact) mass is 378 g/mol. The fourth-order valence-corrected chi connectivity index (χ4v) is 3.75. The molecule has 1 aliphatic rings. The maximum Gasteiger partial charge on any atom is 0.237 e. The summed E-state index contributed by atoms with van der Waals surface area (Å²) in [6, 6.07) is 10.3. The topological polar surface area (TPSA) is 58.1 Å². The van der Waals surface area contributed by atoms with E-state index in [0.29, 0.717) is 12.5 Å². The van der Waals surface area contributed by atoms with Gasteiger partial charge in [-0.1, -0.05) is 30.3 Å². The number of alkyl halides is 1. The van der Waals surface area contributed by atoms with Crippen LogP contribution >= 0.6 is 23.1 Å². The number of anilines is 1. The molecule has 25 heavy (non-hydrogen) atoms. The van der Waals surface area contributed by atoms with Gasteiger partial charge in [0.1, 0.15) is 11.2 Å². The van der Waals surface area contributed by atoms with Crippen LogP contribution in [0, 0.1) is 5.92 Å². The van der Waals surface area contributed by atoms with E-state index in [4.69, 9.17) is 16.6 Å². The summed E-state index contributed by atoms with van der Waals surface area (Å²) in [6.45, 7) is 4.31. The highest BCUT2D eigenvalue weighted by molar-refractivity contribution is 7.09. The first kappa shape index (κ1) is 18.1. The Hall–Kier alpha value is -1.66. The highest BCUT2D eigenvalue weighted by Crippen LogP contribution is 2.25. The second-order valence-electron chi connectivity index (χ2n) is 6.45. The minimum absolute atomic E-state index is 0.0845. The van der Waals surface area contributed by atoms with E-state index in [1.54, 1.807) is 6.92 Å². The number of nitrogens with zero attached hydrogens (tertiary/aromatic N) is 3. The molecular weight excluding hydrogens is 356 g/mol. The average Bonchev–Trinajstić information content (AvgIpc) is 3.09. The van der Waals surface area contributed by atoms with Gasteiger partial charge in [0.2, 0.25) is 11.0 Å². The van der Waals surface area contributed by atoms with Crippen LogP contribution in [0.15, 0.2) is 30.3 Å². The van der Waals surface area contributed by atoms with Crippen molar-refractivity contribution in [1.29, 1.82) is 0 Å². The van der Waals surface area contributed by atoms with Crippen molar-refractivity contribution in [2.45, 2.75) is 31.6 Å². The molecule has 1 N–H and O–H groups in total. The molecule has 1 amide bonds. The van der Waals surface area contributed by atoms with E-state index < -0.39 is 5.38 Å². The zero-order valence-electron chi connectivity index (χ0n) is 14.3. The van der Waals surface area contributed by atoms with Crippen molar-refractivity contribution in [3.8, 4) is 0 Å². The van der Waals surface area contributed by atoms with E-state index in [1.165, 1.54) is 17.1 Å². The molecule has 3 rings (SSSR count). The third-order valence-electron chi connectivity index (χ3n) is 4.47. The van der Waals surface area contributed by atoms with Gasteiger partial charge in [-0.15, -0.1) is 11.6 Å². The third-order valence-corrected chi connectivity index (χ3v) is 5.49. The predicted molar refractivity (Wildman–Crippen MR) is 102 cm³/mol. The molecule has 1 unspecified atom stereocenters. The van der Waals surface area contributed by atoms with Gasteiger partial charge in [-0.25, -0.2) is 4.98 Å². The van der Waals surface area contributed by atoms with Gasteiger partial charge in [-0.2, -0.15) is 4.37 Å². The second kappa shape index (κ2) is 8.63. The molecule has 2 heterocycles. The molecule has 0 spiro atoms. The SMILES string of the molecule is CC(Cl)C(=O)NCC1CCN(c2nc(Cc3ccccc3)ns2)CC1. The van der Waals surface area contributed by atoms with Crippen LogP contribution in [-0.4, -0.2) is 40.3 Å². The van der Waals surface area contributed by atoms with Crippen molar-refractivity contribution in [3.05, 3.63) is 41.7 Å². The number of nitrogens with one attached hydrogen (secondary N) is 1. The third kappa shape index (κ3) is 5.16. The van der Waals surface area contributed by atoms with E-state index >= 15 is 0 Å². The van der Waals surface area contributed by atoms with Crippen LogP contribution in [0.1, 0.15) is 31.2 Å². The lowest BCUT2D eigenvalue weighted by Crippen LogP contribution is -2.40. The smallest absolute Gasteiger partial charge is 0.237 e. The molecule has 1 atom stereocenters. The van der Waals surface area contributed by atoms with Crippen molar-refractivity contribution in [1.82, 2.24) is 14.7 Å². The normalized spacial score (nSPS) is 16.6. The zero-order chi connectivity index (χ0) is 17.6. The number of hydrogen-bond acceptors (Lipinski definition) is 5. The van der Waals surface area contributed by atoms with Crippen LogP contribution in [0.5, 0.6) is 0 Å². The van der Waals surface area contributed by atoms with Crippen molar-refractivity contribution in [3.63, 3.8) is 0 Å². The van der Waals surface area contributed by atoms with Crippen LogP contribution in [0.2, 0.25) is 0 Å². The second-order valence-corrected chi connectivity index (χ2v) is 7.83. The number of hydrogen-bond donors (Lipinski definition) is 1. The van der Waals surface area contributed by atoms with Crippen LogP contribution in [-0.2, 0) is 11.2 Å². The molecule has 0 saturated carbocycles. The summed E-state index contributed by atoms with van der Waals surface area (Å²) in [7, 11) is 0. The van der Waals surface area contributed by atoms with Crippen LogP contribution < -0.4 is 10.2 Å². The van der Waals surface area contributed by atoms with Crippen LogP contribution in [0.4, 0.5) is 5.13 Å². The van der Waals surface area contributed by atoms with E-state index in [1.807, 2.05) is 18.2 Å². The molecule has 1 saturated heterocycles. The van der Waals surface area contributed by atoms with Crippen molar-refractivity contribution >= 4 is 34.2 Å². The molecule has 7 heteroatoms. The van der Waals surface area contributed by atoms with Crippen molar-refractivity contribution in [2.75, 3.05) is 24.5 Å². The number of amides is 1. The molecule has 0 radical (unpaired) electrons.